The normalized spacial score (nSPS) is 14.3. The highest BCUT2D eigenvalue weighted by atomic mass is 19.1. The van der Waals surface area contributed by atoms with Crippen LogP contribution in [0.15, 0.2) is 47.4 Å². The molecule has 2 aromatic heterocycles. The maximum absolute atomic E-state index is 13.5. The summed E-state index contributed by atoms with van der Waals surface area (Å²) in [6, 6.07) is 8.72. The maximum atomic E-state index is 13.5. The molecule has 4 rings (SSSR count). The number of fused-ring (bicyclic) bond motifs is 1. The van der Waals surface area contributed by atoms with Crippen molar-refractivity contribution in [2.75, 3.05) is 26.2 Å². The molecule has 3 aromatic rings. The van der Waals surface area contributed by atoms with Gasteiger partial charge in [0, 0.05) is 55.6 Å². The van der Waals surface area contributed by atoms with Crippen molar-refractivity contribution >= 4 is 22.7 Å². The first kappa shape index (κ1) is 18.8. The minimum atomic E-state index is -0.400. The van der Waals surface area contributed by atoms with Gasteiger partial charge < -0.3 is 14.8 Å². The summed E-state index contributed by atoms with van der Waals surface area (Å²) in [6.45, 7) is 3.32. The van der Waals surface area contributed by atoms with E-state index in [9.17, 15) is 18.8 Å². The fourth-order valence-electron chi connectivity index (χ4n) is 3.52. The zero-order valence-electron chi connectivity index (χ0n) is 15.8. The van der Waals surface area contributed by atoms with Gasteiger partial charge in [-0.25, -0.2) is 4.39 Å². The molecule has 29 heavy (non-hydrogen) atoms. The number of aromatic amines is 1. The SMILES string of the molecule is Cc1cc(C(=O)N2CCN(C(=O)c3ccc(=O)[nH]c3)CC2)c2ccc(F)cc2n1. The second-order valence-electron chi connectivity index (χ2n) is 7.00. The van der Waals surface area contributed by atoms with Crippen molar-refractivity contribution in [3.8, 4) is 0 Å². The lowest BCUT2D eigenvalue weighted by Gasteiger charge is -2.35. The highest BCUT2D eigenvalue weighted by Gasteiger charge is 2.26. The van der Waals surface area contributed by atoms with Gasteiger partial charge in [-0.05, 0) is 31.2 Å². The van der Waals surface area contributed by atoms with Gasteiger partial charge in [-0.15, -0.1) is 0 Å². The van der Waals surface area contributed by atoms with Gasteiger partial charge in [0.05, 0.1) is 16.6 Å². The first-order chi connectivity index (χ1) is 13.9. The molecule has 0 aliphatic carbocycles. The van der Waals surface area contributed by atoms with Crippen LogP contribution in [0.1, 0.15) is 26.4 Å². The topological polar surface area (TPSA) is 86.4 Å². The molecule has 2 amide bonds. The van der Waals surface area contributed by atoms with Crippen LogP contribution in [-0.2, 0) is 0 Å². The molecule has 1 saturated heterocycles. The van der Waals surface area contributed by atoms with Crippen molar-refractivity contribution < 1.29 is 14.0 Å². The molecular formula is C21H19FN4O3. The molecule has 0 bridgehead atoms. The van der Waals surface area contributed by atoms with Crippen LogP contribution < -0.4 is 5.56 Å². The number of piperazine rings is 1. The monoisotopic (exact) mass is 394 g/mol. The number of aryl methyl sites for hydroxylation is 1. The summed E-state index contributed by atoms with van der Waals surface area (Å²) in [5.41, 5.74) is 1.70. The quantitative estimate of drug-likeness (QED) is 0.720. The third-order valence-electron chi connectivity index (χ3n) is 5.02. The Bertz CT molecular complexity index is 1140. The number of amides is 2. The summed E-state index contributed by atoms with van der Waals surface area (Å²) in [6.07, 6.45) is 1.40. The fraction of sp³-hybridized carbons (Fsp3) is 0.238. The van der Waals surface area contributed by atoms with Gasteiger partial charge in [-0.3, -0.25) is 19.4 Å². The number of aromatic nitrogens is 2. The number of hydrogen-bond donors (Lipinski definition) is 1. The molecule has 0 atom stereocenters. The van der Waals surface area contributed by atoms with Gasteiger partial charge in [0.15, 0.2) is 0 Å². The van der Waals surface area contributed by atoms with Crippen LogP contribution in [0.2, 0.25) is 0 Å². The zero-order valence-corrected chi connectivity index (χ0v) is 15.8. The molecule has 1 aliphatic rings. The van der Waals surface area contributed by atoms with E-state index in [1.165, 1.54) is 30.5 Å². The number of nitrogens with one attached hydrogen (secondary N) is 1. The standard InChI is InChI=1S/C21H19FN4O3/c1-13-10-17(16-4-3-15(22)11-18(16)24-13)21(29)26-8-6-25(7-9-26)20(28)14-2-5-19(27)23-12-14/h2-5,10-12H,6-9H2,1H3,(H,23,27). The maximum Gasteiger partial charge on any atom is 0.255 e. The van der Waals surface area contributed by atoms with Crippen molar-refractivity contribution in [2.45, 2.75) is 6.92 Å². The summed E-state index contributed by atoms with van der Waals surface area (Å²) in [4.78, 5) is 47.0. The summed E-state index contributed by atoms with van der Waals surface area (Å²) in [5.74, 6) is -0.749. The van der Waals surface area contributed by atoms with Crippen LogP contribution in [0, 0.1) is 12.7 Å². The van der Waals surface area contributed by atoms with E-state index in [0.29, 0.717) is 53.9 Å². The molecule has 1 aromatic carbocycles. The van der Waals surface area contributed by atoms with Crippen LogP contribution >= 0.6 is 0 Å². The number of H-pyrrole nitrogens is 1. The van der Waals surface area contributed by atoms with Crippen molar-refractivity contribution in [3.63, 3.8) is 0 Å². The average Bonchev–Trinajstić information content (AvgIpc) is 2.72. The molecule has 8 heteroatoms. The molecule has 0 spiro atoms. The lowest BCUT2D eigenvalue weighted by Crippen LogP contribution is -2.50. The third kappa shape index (κ3) is 3.73. The highest BCUT2D eigenvalue weighted by molar-refractivity contribution is 6.06. The Morgan fingerprint density at radius 1 is 1.00 bits per heavy atom. The molecule has 7 nitrogen and oxygen atoms in total. The molecule has 3 heterocycles. The summed E-state index contributed by atoms with van der Waals surface area (Å²) in [7, 11) is 0. The van der Waals surface area contributed by atoms with Crippen LogP contribution in [-0.4, -0.2) is 57.8 Å². The van der Waals surface area contributed by atoms with E-state index in [2.05, 4.69) is 9.97 Å². The van der Waals surface area contributed by atoms with Crippen molar-refractivity contribution in [3.05, 3.63) is 75.6 Å². The minimum absolute atomic E-state index is 0.164. The number of hydrogen-bond acceptors (Lipinski definition) is 4. The molecule has 0 saturated carbocycles. The molecule has 148 valence electrons. The predicted molar refractivity (Wildman–Crippen MR) is 105 cm³/mol. The van der Waals surface area contributed by atoms with Gasteiger partial charge in [-0.1, -0.05) is 0 Å². The van der Waals surface area contributed by atoms with E-state index in [-0.39, 0.29) is 17.4 Å². The number of halogens is 1. The van der Waals surface area contributed by atoms with Gasteiger partial charge in [0.25, 0.3) is 11.8 Å². The average molecular weight is 394 g/mol. The van der Waals surface area contributed by atoms with Gasteiger partial charge in [-0.2, -0.15) is 0 Å². The number of carbonyl (C=O) groups is 2. The Kier molecular flexibility index (Phi) is 4.84. The van der Waals surface area contributed by atoms with Gasteiger partial charge in [0.2, 0.25) is 5.56 Å². The number of nitrogens with zero attached hydrogens (tertiary/aromatic N) is 3. The van der Waals surface area contributed by atoms with Crippen molar-refractivity contribution in [2.24, 2.45) is 0 Å². The Morgan fingerprint density at radius 2 is 1.69 bits per heavy atom. The van der Waals surface area contributed by atoms with E-state index in [1.54, 1.807) is 28.9 Å². The van der Waals surface area contributed by atoms with Gasteiger partial charge >= 0.3 is 0 Å². The Balaban J connectivity index is 1.51. The zero-order chi connectivity index (χ0) is 20.5. The van der Waals surface area contributed by atoms with Crippen LogP contribution in [0.3, 0.4) is 0 Å². The van der Waals surface area contributed by atoms with E-state index in [1.807, 2.05) is 0 Å². The Labute approximate surface area is 165 Å². The summed E-state index contributed by atoms with van der Waals surface area (Å²) >= 11 is 0. The van der Waals surface area contributed by atoms with E-state index < -0.39 is 5.82 Å². The molecule has 1 aliphatic heterocycles. The second-order valence-corrected chi connectivity index (χ2v) is 7.00. The molecule has 0 unspecified atom stereocenters. The van der Waals surface area contributed by atoms with E-state index >= 15 is 0 Å². The molecule has 0 radical (unpaired) electrons. The largest absolute Gasteiger partial charge is 0.335 e. The summed E-state index contributed by atoms with van der Waals surface area (Å²) < 4.78 is 13.5. The highest BCUT2D eigenvalue weighted by Crippen LogP contribution is 2.22. The Morgan fingerprint density at radius 3 is 2.34 bits per heavy atom. The first-order valence-corrected chi connectivity index (χ1v) is 9.26. The second kappa shape index (κ2) is 7.46. The minimum Gasteiger partial charge on any atom is -0.335 e. The lowest BCUT2D eigenvalue weighted by atomic mass is 10.1. The molecular weight excluding hydrogens is 375 g/mol. The third-order valence-corrected chi connectivity index (χ3v) is 5.02. The van der Waals surface area contributed by atoms with Crippen LogP contribution in [0.5, 0.6) is 0 Å². The molecule has 1 fully saturated rings. The Hall–Kier alpha value is -3.55. The van der Waals surface area contributed by atoms with E-state index in [4.69, 9.17) is 0 Å². The number of rotatable bonds is 2. The van der Waals surface area contributed by atoms with Crippen LogP contribution in [0.25, 0.3) is 10.9 Å². The smallest absolute Gasteiger partial charge is 0.255 e. The van der Waals surface area contributed by atoms with E-state index in [0.717, 1.165) is 0 Å². The predicted octanol–water partition coefficient (Wildman–Crippen LogP) is 1.97. The fourth-order valence-corrected chi connectivity index (χ4v) is 3.52. The first-order valence-electron chi connectivity index (χ1n) is 9.26. The van der Waals surface area contributed by atoms with Crippen molar-refractivity contribution in [1.82, 2.24) is 19.8 Å². The van der Waals surface area contributed by atoms with Gasteiger partial charge in [0.1, 0.15) is 5.82 Å². The van der Waals surface area contributed by atoms with Crippen LogP contribution in [0.4, 0.5) is 4.39 Å². The molecule has 1 N–H and O–H groups in total. The lowest BCUT2D eigenvalue weighted by molar-refractivity contribution is 0.0536. The number of pyridine rings is 2. The number of benzene rings is 1. The summed E-state index contributed by atoms with van der Waals surface area (Å²) in [5, 5.41) is 0.605. The van der Waals surface area contributed by atoms with Crippen molar-refractivity contribution in [1.29, 1.82) is 0 Å². The number of carbonyl (C=O) groups excluding carboxylic acids is 2.